The van der Waals surface area contributed by atoms with E-state index in [-0.39, 0.29) is 11.7 Å². The molecule has 0 fully saturated rings. The van der Waals surface area contributed by atoms with E-state index in [1.807, 2.05) is 31.2 Å². The van der Waals surface area contributed by atoms with Gasteiger partial charge in [-0.3, -0.25) is 4.79 Å². The molecule has 0 N–H and O–H groups in total. The van der Waals surface area contributed by atoms with E-state index < -0.39 is 0 Å². The third-order valence-corrected chi connectivity index (χ3v) is 3.77. The smallest absolute Gasteiger partial charge is 0.257 e. The summed E-state index contributed by atoms with van der Waals surface area (Å²) in [5.74, 6) is -0.437. The molecule has 1 amide bonds. The Labute approximate surface area is 140 Å². The summed E-state index contributed by atoms with van der Waals surface area (Å²) in [4.78, 5) is 14.0. The minimum atomic E-state index is -0.311. The summed E-state index contributed by atoms with van der Waals surface area (Å²) in [6.45, 7) is 2.01. The van der Waals surface area contributed by atoms with E-state index in [1.54, 1.807) is 37.1 Å². The zero-order chi connectivity index (χ0) is 17.3. The van der Waals surface area contributed by atoms with Crippen LogP contribution in [0.5, 0.6) is 0 Å². The lowest BCUT2D eigenvalue weighted by Crippen LogP contribution is -2.21. The van der Waals surface area contributed by atoms with Crippen LogP contribution < -0.4 is 0 Å². The highest BCUT2D eigenvalue weighted by atomic mass is 19.1. The van der Waals surface area contributed by atoms with Gasteiger partial charge in [-0.25, -0.2) is 9.07 Å². The highest BCUT2D eigenvalue weighted by molar-refractivity contribution is 5.99. The second-order valence-corrected chi connectivity index (χ2v) is 5.88. The molecule has 0 aliphatic rings. The zero-order valence-corrected chi connectivity index (χ0v) is 13.8. The second-order valence-electron chi connectivity index (χ2n) is 5.88. The van der Waals surface area contributed by atoms with E-state index >= 15 is 0 Å². The van der Waals surface area contributed by atoms with Gasteiger partial charge in [-0.2, -0.15) is 5.10 Å². The van der Waals surface area contributed by atoms with Crippen LogP contribution in [0.15, 0.2) is 54.7 Å². The van der Waals surface area contributed by atoms with Crippen molar-refractivity contribution in [1.82, 2.24) is 14.7 Å². The maximum absolute atomic E-state index is 13.1. The van der Waals surface area contributed by atoms with Crippen molar-refractivity contribution in [2.45, 2.75) is 6.92 Å². The maximum atomic E-state index is 13.1. The molecule has 4 nitrogen and oxygen atoms in total. The predicted octanol–water partition coefficient (Wildman–Crippen LogP) is 3.69. The monoisotopic (exact) mass is 323 g/mol. The second kappa shape index (κ2) is 6.28. The molecule has 0 radical (unpaired) electrons. The third-order valence-electron chi connectivity index (χ3n) is 3.77. The topological polar surface area (TPSA) is 38.1 Å². The number of hydrogen-bond acceptors (Lipinski definition) is 2. The minimum Gasteiger partial charge on any atom is -0.345 e. The van der Waals surface area contributed by atoms with Crippen molar-refractivity contribution in [2.24, 2.45) is 0 Å². The predicted molar refractivity (Wildman–Crippen MR) is 91.7 cm³/mol. The summed E-state index contributed by atoms with van der Waals surface area (Å²) in [5, 5.41) is 4.56. The molecule has 2 aromatic carbocycles. The fourth-order valence-corrected chi connectivity index (χ4v) is 2.42. The number of carbonyl (C=O) groups excluding carboxylic acids is 1. The number of aryl methyl sites for hydroxylation is 1. The Hall–Kier alpha value is -2.95. The van der Waals surface area contributed by atoms with E-state index in [0.717, 1.165) is 11.1 Å². The molecule has 0 aliphatic heterocycles. The summed E-state index contributed by atoms with van der Waals surface area (Å²) in [6.07, 6.45) is 1.69. The van der Waals surface area contributed by atoms with E-state index in [9.17, 15) is 9.18 Å². The van der Waals surface area contributed by atoms with Crippen molar-refractivity contribution in [1.29, 1.82) is 0 Å². The molecule has 0 atom stereocenters. The number of halogens is 1. The van der Waals surface area contributed by atoms with Crippen molar-refractivity contribution in [3.05, 3.63) is 71.7 Å². The molecule has 0 saturated carbocycles. The van der Waals surface area contributed by atoms with Crippen molar-refractivity contribution in [3.8, 4) is 16.9 Å². The van der Waals surface area contributed by atoms with Gasteiger partial charge in [-0.15, -0.1) is 0 Å². The van der Waals surface area contributed by atoms with Crippen molar-refractivity contribution in [2.75, 3.05) is 14.1 Å². The number of carbonyl (C=O) groups is 1. The van der Waals surface area contributed by atoms with Gasteiger partial charge >= 0.3 is 0 Å². The highest BCUT2D eigenvalue weighted by Gasteiger charge is 2.20. The van der Waals surface area contributed by atoms with E-state index in [4.69, 9.17) is 0 Å². The number of aromatic nitrogens is 2. The number of rotatable bonds is 3. The molecule has 5 heteroatoms. The number of amides is 1. The number of benzene rings is 2. The van der Waals surface area contributed by atoms with Crippen LogP contribution in [0, 0.1) is 12.7 Å². The first kappa shape index (κ1) is 15.9. The Morgan fingerprint density at radius 3 is 2.25 bits per heavy atom. The summed E-state index contributed by atoms with van der Waals surface area (Å²) in [5.41, 5.74) is 3.82. The Bertz CT molecular complexity index is 865. The molecule has 122 valence electrons. The number of hydrogen-bond donors (Lipinski definition) is 0. The largest absolute Gasteiger partial charge is 0.345 e. The lowest BCUT2D eigenvalue weighted by molar-refractivity contribution is 0.0828. The molecule has 1 aromatic heterocycles. The van der Waals surface area contributed by atoms with Gasteiger partial charge in [-0.05, 0) is 31.2 Å². The summed E-state index contributed by atoms with van der Waals surface area (Å²) < 4.78 is 14.7. The van der Waals surface area contributed by atoms with Crippen LogP contribution in [0.3, 0.4) is 0 Å². The maximum Gasteiger partial charge on any atom is 0.257 e. The van der Waals surface area contributed by atoms with Gasteiger partial charge in [-0.1, -0.05) is 29.8 Å². The molecule has 0 unspecified atom stereocenters. The van der Waals surface area contributed by atoms with E-state index in [2.05, 4.69) is 5.10 Å². The van der Waals surface area contributed by atoms with Crippen LogP contribution in [0.25, 0.3) is 16.9 Å². The zero-order valence-electron chi connectivity index (χ0n) is 13.8. The summed E-state index contributed by atoms with van der Waals surface area (Å²) >= 11 is 0. The van der Waals surface area contributed by atoms with Crippen LogP contribution in [-0.2, 0) is 0 Å². The van der Waals surface area contributed by atoms with Gasteiger partial charge in [0.05, 0.1) is 11.3 Å². The Morgan fingerprint density at radius 1 is 1.04 bits per heavy atom. The average Bonchev–Trinajstić information content (AvgIpc) is 3.00. The fourth-order valence-electron chi connectivity index (χ4n) is 2.42. The van der Waals surface area contributed by atoms with Gasteiger partial charge in [0.2, 0.25) is 0 Å². The normalized spacial score (nSPS) is 10.7. The first-order chi connectivity index (χ1) is 11.5. The van der Waals surface area contributed by atoms with Gasteiger partial charge in [0.25, 0.3) is 5.91 Å². The van der Waals surface area contributed by atoms with Crippen molar-refractivity contribution >= 4 is 5.91 Å². The third kappa shape index (κ3) is 3.06. The molecule has 3 aromatic rings. The first-order valence-electron chi connectivity index (χ1n) is 7.60. The first-order valence-corrected chi connectivity index (χ1v) is 7.60. The summed E-state index contributed by atoms with van der Waals surface area (Å²) in [6, 6.07) is 13.9. The lowest BCUT2D eigenvalue weighted by Gasteiger charge is -2.09. The Kier molecular flexibility index (Phi) is 4.16. The van der Waals surface area contributed by atoms with Crippen LogP contribution in [-0.4, -0.2) is 34.7 Å². The highest BCUT2D eigenvalue weighted by Crippen LogP contribution is 2.25. The van der Waals surface area contributed by atoms with Gasteiger partial charge in [0.1, 0.15) is 11.5 Å². The van der Waals surface area contributed by atoms with E-state index in [0.29, 0.717) is 16.9 Å². The molecule has 0 spiro atoms. The molecule has 0 aliphatic carbocycles. The van der Waals surface area contributed by atoms with Crippen molar-refractivity contribution in [3.63, 3.8) is 0 Å². The number of nitrogens with zero attached hydrogens (tertiary/aromatic N) is 3. The Morgan fingerprint density at radius 2 is 1.67 bits per heavy atom. The molecule has 3 rings (SSSR count). The lowest BCUT2D eigenvalue weighted by atomic mass is 10.1. The SMILES string of the molecule is Cc1ccc(-c2nn(-c3ccc(F)cc3)cc2C(=O)N(C)C)cc1. The Balaban J connectivity index is 2.13. The van der Waals surface area contributed by atoms with Crippen molar-refractivity contribution < 1.29 is 9.18 Å². The van der Waals surface area contributed by atoms with Gasteiger partial charge in [0, 0.05) is 25.9 Å². The standard InChI is InChI=1S/C19H18FN3O/c1-13-4-6-14(7-5-13)18-17(19(24)22(2)3)12-23(21-18)16-10-8-15(20)9-11-16/h4-12H,1-3H3. The van der Waals surface area contributed by atoms with Crippen LogP contribution in [0.2, 0.25) is 0 Å². The molecular weight excluding hydrogens is 305 g/mol. The van der Waals surface area contributed by atoms with Gasteiger partial charge < -0.3 is 4.90 Å². The molecular formula is C19H18FN3O. The average molecular weight is 323 g/mol. The van der Waals surface area contributed by atoms with Crippen LogP contribution >= 0.6 is 0 Å². The van der Waals surface area contributed by atoms with Crippen LogP contribution in [0.4, 0.5) is 4.39 Å². The fraction of sp³-hybridized carbons (Fsp3) is 0.158. The molecule has 1 heterocycles. The summed E-state index contributed by atoms with van der Waals surface area (Å²) in [7, 11) is 3.41. The molecule has 24 heavy (non-hydrogen) atoms. The minimum absolute atomic E-state index is 0.126. The quantitative estimate of drug-likeness (QED) is 0.737. The van der Waals surface area contributed by atoms with E-state index in [1.165, 1.54) is 17.0 Å². The molecule has 0 bridgehead atoms. The molecule has 0 saturated heterocycles. The van der Waals surface area contributed by atoms with Crippen LogP contribution in [0.1, 0.15) is 15.9 Å². The van der Waals surface area contributed by atoms with Gasteiger partial charge in [0.15, 0.2) is 0 Å².